The molecule has 0 aliphatic heterocycles. The summed E-state index contributed by atoms with van der Waals surface area (Å²) in [7, 11) is 0. The van der Waals surface area contributed by atoms with Crippen LogP contribution in [0.3, 0.4) is 0 Å². The Bertz CT molecular complexity index is 660. The smallest absolute Gasteiger partial charge is 0.234 e. The lowest BCUT2D eigenvalue weighted by Gasteiger charge is -2.12. The summed E-state index contributed by atoms with van der Waals surface area (Å²) in [4.78, 5) is 11.7. The minimum Gasteiger partial charge on any atom is -0.491 e. The van der Waals surface area contributed by atoms with Crippen molar-refractivity contribution in [2.24, 2.45) is 5.92 Å². The van der Waals surface area contributed by atoms with Gasteiger partial charge in [-0.2, -0.15) is 0 Å². The maximum Gasteiger partial charge on any atom is 0.234 e. The first kappa shape index (κ1) is 19.3. The topological polar surface area (TPSA) is 50.4 Å². The molecule has 1 saturated carbocycles. The zero-order valence-electron chi connectivity index (χ0n) is 14.2. The van der Waals surface area contributed by atoms with Gasteiger partial charge in [-0.3, -0.25) is 4.79 Å². The Kier molecular flexibility index (Phi) is 7.76. The van der Waals surface area contributed by atoms with Crippen molar-refractivity contribution in [1.29, 1.82) is 0 Å². The Hall–Kier alpha value is -2.04. The highest BCUT2D eigenvalue weighted by Crippen LogP contribution is 2.29. The fourth-order valence-corrected chi connectivity index (χ4v) is 2.57. The molecule has 4 nitrogen and oxygen atoms in total. The molecule has 1 aliphatic rings. The molecule has 5 heteroatoms. The number of para-hydroxylation sites is 1. The van der Waals surface area contributed by atoms with E-state index in [0.717, 1.165) is 29.3 Å². The molecule has 0 spiro atoms. The third kappa shape index (κ3) is 6.40. The van der Waals surface area contributed by atoms with Crippen LogP contribution < -0.4 is 15.4 Å². The summed E-state index contributed by atoms with van der Waals surface area (Å²) in [5.74, 6) is 1.65. The van der Waals surface area contributed by atoms with Gasteiger partial charge in [-0.15, -0.1) is 12.4 Å². The van der Waals surface area contributed by atoms with Gasteiger partial charge in [0.1, 0.15) is 12.4 Å². The van der Waals surface area contributed by atoms with Crippen molar-refractivity contribution in [3.05, 3.63) is 54.6 Å². The highest BCUT2D eigenvalue weighted by atomic mass is 35.5. The maximum absolute atomic E-state index is 11.7. The van der Waals surface area contributed by atoms with Crippen LogP contribution in [-0.4, -0.2) is 32.1 Å². The van der Waals surface area contributed by atoms with E-state index in [1.54, 1.807) is 0 Å². The quantitative estimate of drug-likeness (QED) is 0.675. The van der Waals surface area contributed by atoms with E-state index >= 15 is 0 Å². The molecule has 1 amide bonds. The van der Waals surface area contributed by atoms with Crippen molar-refractivity contribution >= 4 is 18.3 Å². The number of benzene rings is 2. The first-order valence-electron chi connectivity index (χ1n) is 8.57. The van der Waals surface area contributed by atoms with Gasteiger partial charge in [0.2, 0.25) is 5.91 Å². The Labute approximate surface area is 155 Å². The fourth-order valence-electron chi connectivity index (χ4n) is 2.57. The molecule has 2 aromatic carbocycles. The summed E-state index contributed by atoms with van der Waals surface area (Å²) in [5, 5.41) is 6.06. The molecule has 25 heavy (non-hydrogen) atoms. The second-order valence-corrected chi connectivity index (χ2v) is 6.13. The average molecular weight is 361 g/mol. The number of nitrogens with one attached hydrogen (secondary N) is 2. The van der Waals surface area contributed by atoms with Gasteiger partial charge in [0.05, 0.1) is 13.1 Å². The second-order valence-electron chi connectivity index (χ2n) is 6.13. The lowest BCUT2D eigenvalue weighted by Crippen LogP contribution is -2.36. The van der Waals surface area contributed by atoms with Gasteiger partial charge < -0.3 is 15.4 Å². The number of carbonyl (C=O) groups is 1. The van der Waals surface area contributed by atoms with Crippen molar-refractivity contribution in [2.75, 3.05) is 26.2 Å². The normalized spacial score (nSPS) is 13.0. The monoisotopic (exact) mass is 360 g/mol. The molecule has 2 N–H and O–H groups in total. The number of ether oxygens (including phenoxy) is 1. The molecule has 0 bridgehead atoms. The van der Waals surface area contributed by atoms with E-state index in [4.69, 9.17) is 4.74 Å². The van der Waals surface area contributed by atoms with Crippen LogP contribution in [0.15, 0.2) is 54.6 Å². The van der Waals surface area contributed by atoms with Crippen LogP contribution in [0.25, 0.3) is 11.1 Å². The van der Waals surface area contributed by atoms with Gasteiger partial charge in [-0.25, -0.2) is 0 Å². The van der Waals surface area contributed by atoms with E-state index in [0.29, 0.717) is 19.7 Å². The molecular weight excluding hydrogens is 336 g/mol. The molecule has 1 fully saturated rings. The summed E-state index contributed by atoms with van der Waals surface area (Å²) in [6, 6.07) is 18.1. The standard InChI is InChI=1S/C20H24N2O2.ClH/c23-20(15-21-14-16-10-11-16)22-12-13-24-19-9-5-4-8-18(19)17-6-2-1-3-7-17;/h1-9,16,21H,10-15H2,(H,22,23);1H. The molecular formula is C20H25ClN2O2. The van der Waals surface area contributed by atoms with Crippen LogP contribution in [0, 0.1) is 5.92 Å². The number of amides is 1. The number of hydrogen-bond acceptors (Lipinski definition) is 3. The molecule has 1 aliphatic carbocycles. The molecule has 0 aromatic heterocycles. The SMILES string of the molecule is Cl.O=C(CNCC1CC1)NCCOc1ccccc1-c1ccccc1. The number of carbonyl (C=O) groups excluding carboxylic acids is 1. The van der Waals surface area contributed by atoms with Gasteiger partial charge in [0.25, 0.3) is 0 Å². The average Bonchev–Trinajstić information content (AvgIpc) is 3.44. The predicted molar refractivity (Wildman–Crippen MR) is 103 cm³/mol. The Morgan fingerprint density at radius 2 is 1.76 bits per heavy atom. The third-order valence-electron chi connectivity index (χ3n) is 4.07. The van der Waals surface area contributed by atoms with Crippen molar-refractivity contribution < 1.29 is 9.53 Å². The van der Waals surface area contributed by atoms with Crippen LogP contribution in [-0.2, 0) is 4.79 Å². The van der Waals surface area contributed by atoms with Crippen LogP contribution in [0.4, 0.5) is 0 Å². The first-order chi connectivity index (χ1) is 11.8. The number of halogens is 1. The minimum absolute atomic E-state index is 0. The molecule has 3 rings (SSSR count). The molecule has 0 atom stereocenters. The van der Waals surface area contributed by atoms with E-state index in [2.05, 4.69) is 22.8 Å². The second kappa shape index (κ2) is 10.1. The first-order valence-corrected chi connectivity index (χ1v) is 8.57. The zero-order chi connectivity index (χ0) is 16.6. The largest absolute Gasteiger partial charge is 0.491 e. The lowest BCUT2D eigenvalue weighted by atomic mass is 10.1. The van der Waals surface area contributed by atoms with Gasteiger partial charge in [-0.1, -0.05) is 48.5 Å². The van der Waals surface area contributed by atoms with Crippen LogP contribution in [0.1, 0.15) is 12.8 Å². The Morgan fingerprint density at radius 1 is 1.04 bits per heavy atom. The van der Waals surface area contributed by atoms with Gasteiger partial charge >= 0.3 is 0 Å². The summed E-state index contributed by atoms with van der Waals surface area (Å²) < 4.78 is 5.86. The van der Waals surface area contributed by atoms with E-state index < -0.39 is 0 Å². The zero-order valence-corrected chi connectivity index (χ0v) is 15.1. The fraction of sp³-hybridized carbons (Fsp3) is 0.350. The molecule has 2 aromatic rings. The van der Waals surface area contributed by atoms with Crippen molar-refractivity contribution in [3.8, 4) is 16.9 Å². The summed E-state index contributed by atoms with van der Waals surface area (Å²) >= 11 is 0. The highest BCUT2D eigenvalue weighted by molar-refractivity contribution is 5.85. The lowest BCUT2D eigenvalue weighted by molar-refractivity contribution is -0.120. The van der Waals surface area contributed by atoms with Crippen molar-refractivity contribution in [3.63, 3.8) is 0 Å². The molecule has 0 radical (unpaired) electrons. The van der Waals surface area contributed by atoms with Gasteiger partial charge in [0.15, 0.2) is 0 Å². The number of rotatable bonds is 9. The van der Waals surface area contributed by atoms with Crippen LogP contribution in [0.5, 0.6) is 5.75 Å². The molecule has 134 valence electrons. The predicted octanol–water partition coefficient (Wildman–Crippen LogP) is 3.27. The Morgan fingerprint density at radius 3 is 2.52 bits per heavy atom. The Balaban J connectivity index is 0.00000225. The third-order valence-corrected chi connectivity index (χ3v) is 4.07. The summed E-state index contributed by atoms with van der Waals surface area (Å²) in [6.07, 6.45) is 2.59. The number of hydrogen-bond donors (Lipinski definition) is 2. The van der Waals surface area contributed by atoms with Gasteiger partial charge in [0, 0.05) is 5.56 Å². The van der Waals surface area contributed by atoms with E-state index in [9.17, 15) is 4.79 Å². The molecule has 0 saturated heterocycles. The van der Waals surface area contributed by atoms with E-state index in [-0.39, 0.29) is 18.3 Å². The van der Waals surface area contributed by atoms with E-state index in [1.807, 2.05) is 42.5 Å². The van der Waals surface area contributed by atoms with E-state index in [1.165, 1.54) is 12.8 Å². The minimum atomic E-state index is 0. The van der Waals surface area contributed by atoms with Crippen molar-refractivity contribution in [2.45, 2.75) is 12.8 Å². The summed E-state index contributed by atoms with van der Waals surface area (Å²) in [6.45, 7) is 2.30. The maximum atomic E-state index is 11.7. The molecule has 0 unspecified atom stereocenters. The van der Waals surface area contributed by atoms with Crippen molar-refractivity contribution in [1.82, 2.24) is 10.6 Å². The highest BCUT2D eigenvalue weighted by Gasteiger charge is 2.20. The van der Waals surface area contributed by atoms with Crippen LogP contribution in [0.2, 0.25) is 0 Å². The van der Waals surface area contributed by atoms with Crippen LogP contribution >= 0.6 is 12.4 Å². The molecule has 0 heterocycles. The van der Waals surface area contributed by atoms with Gasteiger partial charge in [-0.05, 0) is 36.9 Å². The summed E-state index contributed by atoms with van der Waals surface area (Å²) in [5.41, 5.74) is 2.19.